The molecule has 1 aliphatic heterocycles. The highest BCUT2D eigenvalue weighted by Crippen LogP contribution is 2.25. The van der Waals surface area contributed by atoms with Crippen LogP contribution in [-0.2, 0) is 6.54 Å². The number of H-pyrrole nitrogens is 1. The fourth-order valence-electron chi connectivity index (χ4n) is 2.91. The molecule has 0 unspecified atom stereocenters. The average Bonchev–Trinajstić information content (AvgIpc) is 3.05. The fourth-order valence-corrected chi connectivity index (χ4v) is 3.83. The van der Waals surface area contributed by atoms with Crippen molar-refractivity contribution >= 4 is 28.6 Å². The Labute approximate surface area is 132 Å². The summed E-state index contributed by atoms with van der Waals surface area (Å²) in [5.74, 6) is 2.31. The third-order valence-corrected chi connectivity index (χ3v) is 5.15. The van der Waals surface area contributed by atoms with Crippen molar-refractivity contribution in [3.63, 3.8) is 0 Å². The molecule has 0 aromatic carbocycles. The van der Waals surface area contributed by atoms with Crippen molar-refractivity contribution in [1.29, 1.82) is 0 Å². The summed E-state index contributed by atoms with van der Waals surface area (Å²) in [4.78, 5) is 13.6. The Kier molecular flexibility index (Phi) is 4.82. The maximum absolute atomic E-state index is 10.2. The lowest BCUT2D eigenvalue weighted by molar-refractivity contribution is 0.149. The number of aromatic nitrogens is 3. The van der Waals surface area contributed by atoms with Crippen molar-refractivity contribution < 1.29 is 10.2 Å². The molecule has 0 spiro atoms. The number of nitrogens with zero attached hydrogens (tertiary/aromatic N) is 3. The Morgan fingerprint density at radius 3 is 3.09 bits per heavy atom. The molecule has 120 valence electrons. The number of nitrogens with two attached hydrogens (primary N) is 1. The number of nitrogen functional groups attached to an aromatic ring is 1. The molecule has 0 saturated carbocycles. The van der Waals surface area contributed by atoms with E-state index in [4.69, 9.17) is 10.8 Å². The van der Waals surface area contributed by atoms with Gasteiger partial charge in [0.15, 0.2) is 5.82 Å². The van der Waals surface area contributed by atoms with Crippen LogP contribution < -0.4 is 5.73 Å². The second kappa shape index (κ2) is 6.82. The second-order valence-corrected chi connectivity index (χ2v) is 6.77. The molecule has 8 heteroatoms. The molecule has 0 amide bonds. The predicted molar refractivity (Wildman–Crippen MR) is 87.5 cm³/mol. The van der Waals surface area contributed by atoms with Gasteiger partial charge in [0.2, 0.25) is 0 Å². The number of fused-ring (bicyclic) bond motifs is 1. The molecule has 0 aliphatic carbocycles. The third kappa shape index (κ3) is 3.19. The maximum atomic E-state index is 10.2. The van der Waals surface area contributed by atoms with Gasteiger partial charge in [-0.15, -0.1) is 0 Å². The quantitative estimate of drug-likeness (QED) is 0.556. The van der Waals surface area contributed by atoms with Gasteiger partial charge in [-0.2, -0.15) is 11.8 Å². The number of aromatic amines is 1. The van der Waals surface area contributed by atoms with Gasteiger partial charge in [-0.05, 0) is 5.75 Å². The molecule has 2 aromatic rings. The minimum Gasteiger partial charge on any atom is -0.396 e. The minimum atomic E-state index is -0.309. The molecule has 3 rings (SSSR count). The molecule has 0 bridgehead atoms. The summed E-state index contributed by atoms with van der Waals surface area (Å²) >= 11 is 1.69. The highest BCUT2D eigenvalue weighted by atomic mass is 32.2. The van der Waals surface area contributed by atoms with Gasteiger partial charge in [-0.3, -0.25) is 4.90 Å². The first-order chi connectivity index (χ1) is 10.7. The zero-order chi connectivity index (χ0) is 15.5. The van der Waals surface area contributed by atoms with Crippen LogP contribution in [0.1, 0.15) is 5.56 Å². The van der Waals surface area contributed by atoms with Gasteiger partial charge < -0.3 is 20.9 Å². The van der Waals surface area contributed by atoms with Crippen LogP contribution in [0.5, 0.6) is 0 Å². The molecular formula is C14H21N5O2S. The Hall–Kier alpha value is -1.35. The molecule has 1 saturated heterocycles. The molecule has 3 heterocycles. The van der Waals surface area contributed by atoms with Gasteiger partial charge in [0.05, 0.1) is 18.2 Å². The van der Waals surface area contributed by atoms with Crippen molar-refractivity contribution in [3.8, 4) is 0 Å². The Balaban J connectivity index is 1.65. The molecule has 2 atom stereocenters. The summed E-state index contributed by atoms with van der Waals surface area (Å²) in [6, 6.07) is 0. The first kappa shape index (κ1) is 15.5. The SMILES string of the molecule is Nc1ncnc2c(CN3C[C@H](CSCCO)[C@H](O)C3)c[nH]c12. The van der Waals surface area contributed by atoms with Crippen molar-refractivity contribution in [2.24, 2.45) is 5.92 Å². The van der Waals surface area contributed by atoms with Crippen LogP contribution in [0.4, 0.5) is 5.82 Å². The molecule has 1 aliphatic rings. The number of anilines is 1. The van der Waals surface area contributed by atoms with Crippen LogP contribution in [0, 0.1) is 5.92 Å². The van der Waals surface area contributed by atoms with E-state index < -0.39 is 0 Å². The van der Waals surface area contributed by atoms with Crippen LogP contribution in [0.25, 0.3) is 11.0 Å². The lowest BCUT2D eigenvalue weighted by Gasteiger charge is -2.14. The summed E-state index contributed by atoms with van der Waals surface area (Å²) < 4.78 is 0. The zero-order valence-corrected chi connectivity index (χ0v) is 13.1. The van der Waals surface area contributed by atoms with Gasteiger partial charge in [0, 0.05) is 43.1 Å². The third-order valence-electron chi connectivity index (χ3n) is 4.02. The molecule has 7 nitrogen and oxygen atoms in total. The van der Waals surface area contributed by atoms with Crippen molar-refractivity contribution in [2.45, 2.75) is 12.6 Å². The fraction of sp³-hybridized carbons (Fsp3) is 0.571. The highest BCUT2D eigenvalue weighted by molar-refractivity contribution is 7.99. The number of hydrogen-bond acceptors (Lipinski definition) is 7. The van der Waals surface area contributed by atoms with E-state index in [0.29, 0.717) is 12.4 Å². The van der Waals surface area contributed by atoms with E-state index in [1.54, 1.807) is 11.8 Å². The van der Waals surface area contributed by atoms with Gasteiger partial charge >= 0.3 is 0 Å². The lowest BCUT2D eigenvalue weighted by Crippen LogP contribution is -2.21. The van der Waals surface area contributed by atoms with E-state index in [-0.39, 0.29) is 18.6 Å². The Morgan fingerprint density at radius 1 is 1.41 bits per heavy atom. The average molecular weight is 323 g/mol. The number of β-amino-alcohol motifs (C(OH)–C–C–N with tert-alkyl or cyclic N) is 1. The van der Waals surface area contributed by atoms with E-state index >= 15 is 0 Å². The number of nitrogens with one attached hydrogen (secondary N) is 1. The molecule has 5 N–H and O–H groups in total. The maximum Gasteiger partial charge on any atom is 0.151 e. The summed E-state index contributed by atoms with van der Waals surface area (Å²) in [6.45, 7) is 2.44. The monoisotopic (exact) mass is 323 g/mol. The molecule has 0 radical (unpaired) electrons. The van der Waals surface area contributed by atoms with Crippen LogP contribution >= 0.6 is 11.8 Å². The van der Waals surface area contributed by atoms with E-state index in [1.807, 2.05) is 6.20 Å². The largest absolute Gasteiger partial charge is 0.396 e. The summed E-state index contributed by atoms with van der Waals surface area (Å²) in [5.41, 5.74) is 8.52. The zero-order valence-electron chi connectivity index (χ0n) is 12.3. The van der Waals surface area contributed by atoms with Crippen molar-refractivity contribution in [3.05, 3.63) is 18.1 Å². The minimum absolute atomic E-state index is 0.188. The highest BCUT2D eigenvalue weighted by Gasteiger charge is 2.31. The van der Waals surface area contributed by atoms with Gasteiger partial charge in [-0.25, -0.2) is 9.97 Å². The Morgan fingerprint density at radius 2 is 2.27 bits per heavy atom. The van der Waals surface area contributed by atoms with E-state index in [2.05, 4.69) is 19.9 Å². The van der Waals surface area contributed by atoms with Crippen LogP contribution in [-0.4, -0.2) is 67.4 Å². The topological polar surface area (TPSA) is 111 Å². The van der Waals surface area contributed by atoms with Crippen LogP contribution in [0.15, 0.2) is 12.5 Å². The van der Waals surface area contributed by atoms with Gasteiger partial charge in [0.25, 0.3) is 0 Å². The van der Waals surface area contributed by atoms with Crippen molar-refractivity contribution in [1.82, 2.24) is 19.9 Å². The van der Waals surface area contributed by atoms with Gasteiger partial charge in [0.1, 0.15) is 11.8 Å². The number of hydrogen-bond donors (Lipinski definition) is 4. The summed E-state index contributed by atoms with van der Waals surface area (Å²) in [7, 11) is 0. The number of thioether (sulfide) groups is 1. The Bertz CT molecular complexity index is 635. The first-order valence-corrected chi connectivity index (χ1v) is 8.50. The second-order valence-electron chi connectivity index (χ2n) is 5.62. The lowest BCUT2D eigenvalue weighted by atomic mass is 10.1. The molecule has 1 fully saturated rings. The number of rotatable bonds is 6. The van der Waals surface area contributed by atoms with E-state index in [9.17, 15) is 5.11 Å². The summed E-state index contributed by atoms with van der Waals surface area (Å²) in [5, 5.41) is 19.0. The standard InChI is InChI=1S/C14H21N5O2S/c15-14-13-12(17-8-18-14)9(3-16-13)4-19-5-10(11(21)6-19)7-22-2-1-20/h3,8,10-11,16,20-21H,1-2,4-7H2,(H2,15,17,18)/t10-,11-/m1/s1. The number of aliphatic hydroxyl groups excluding tert-OH is 2. The first-order valence-electron chi connectivity index (χ1n) is 7.34. The van der Waals surface area contributed by atoms with Crippen molar-refractivity contribution in [2.75, 3.05) is 36.9 Å². The van der Waals surface area contributed by atoms with E-state index in [0.717, 1.165) is 41.2 Å². The predicted octanol–water partition coefficient (Wildman–Crippen LogP) is 0.0583. The van der Waals surface area contributed by atoms with E-state index in [1.165, 1.54) is 6.33 Å². The number of likely N-dealkylation sites (tertiary alicyclic amines) is 1. The smallest absolute Gasteiger partial charge is 0.151 e. The molecular weight excluding hydrogens is 302 g/mol. The number of aliphatic hydroxyl groups is 2. The van der Waals surface area contributed by atoms with Crippen LogP contribution in [0.3, 0.4) is 0 Å². The normalized spacial score (nSPS) is 22.6. The van der Waals surface area contributed by atoms with Gasteiger partial charge in [-0.1, -0.05) is 0 Å². The molecule has 22 heavy (non-hydrogen) atoms. The van der Waals surface area contributed by atoms with Crippen LogP contribution in [0.2, 0.25) is 0 Å². The summed E-state index contributed by atoms with van der Waals surface area (Å²) in [6.07, 6.45) is 3.08. The molecule has 2 aromatic heterocycles.